The van der Waals surface area contributed by atoms with Gasteiger partial charge in [-0.15, -0.1) is 0 Å². The van der Waals surface area contributed by atoms with Crippen LogP contribution in [0.1, 0.15) is 11.1 Å². The SMILES string of the molecule is Cc1cccc(-n2ccnc2SCC(=O)Nc2ncc(Cl)c(C)c2Cl)c1. The molecule has 26 heavy (non-hydrogen) atoms. The normalized spacial score (nSPS) is 10.8. The van der Waals surface area contributed by atoms with Gasteiger partial charge in [0.15, 0.2) is 11.0 Å². The molecule has 2 aromatic heterocycles. The van der Waals surface area contributed by atoms with E-state index in [0.717, 1.165) is 16.4 Å². The molecule has 0 radical (unpaired) electrons. The molecule has 1 aromatic carbocycles. The Labute approximate surface area is 165 Å². The lowest BCUT2D eigenvalue weighted by atomic mass is 10.2. The molecule has 1 N–H and O–H groups in total. The standard InChI is InChI=1S/C18H16Cl2N4OS/c1-11-4-3-5-13(8-11)24-7-6-21-18(24)26-10-15(25)23-17-16(20)12(2)14(19)9-22-17/h3-9H,10H2,1-2H3,(H,22,23,25). The fourth-order valence-corrected chi connectivity index (χ4v) is 3.48. The van der Waals surface area contributed by atoms with Gasteiger partial charge in [0.25, 0.3) is 0 Å². The molecule has 0 atom stereocenters. The number of hydrogen-bond acceptors (Lipinski definition) is 4. The summed E-state index contributed by atoms with van der Waals surface area (Å²) in [6.07, 6.45) is 5.05. The number of aromatic nitrogens is 3. The van der Waals surface area contributed by atoms with Crippen molar-refractivity contribution in [2.45, 2.75) is 19.0 Å². The van der Waals surface area contributed by atoms with Crippen LogP contribution in [0.4, 0.5) is 5.82 Å². The highest BCUT2D eigenvalue weighted by Crippen LogP contribution is 2.29. The first-order valence-electron chi connectivity index (χ1n) is 7.79. The number of nitrogens with one attached hydrogen (secondary N) is 1. The van der Waals surface area contributed by atoms with Crippen LogP contribution in [-0.4, -0.2) is 26.2 Å². The largest absolute Gasteiger partial charge is 0.309 e. The van der Waals surface area contributed by atoms with Crippen LogP contribution in [0.25, 0.3) is 5.69 Å². The van der Waals surface area contributed by atoms with Crippen LogP contribution in [-0.2, 0) is 4.79 Å². The van der Waals surface area contributed by atoms with Crippen molar-refractivity contribution in [2.24, 2.45) is 0 Å². The van der Waals surface area contributed by atoms with E-state index in [1.54, 1.807) is 13.1 Å². The number of nitrogens with zero attached hydrogens (tertiary/aromatic N) is 3. The smallest absolute Gasteiger partial charge is 0.236 e. The predicted molar refractivity (Wildman–Crippen MR) is 107 cm³/mol. The summed E-state index contributed by atoms with van der Waals surface area (Å²) in [5, 5.41) is 4.25. The van der Waals surface area contributed by atoms with Crippen molar-refractivity contribution in [3.8, 4) is 5.69 Å². The molecule has 0 spiro atoms. The summed E-state index contributed by atoms with van der Waals surface area (Å²) in [6.45, 7) is 3.81. The number of benzene rings is 1. The second kappa shape index (κ2) is 8.12. The van der Waals surface area contributed by atoms with Crippen molar-refractivity contribution in [1.82, 2.24) is 14.5 Å². The molecule has 0 aliphatic heterocycles. The van der Waals surface area contributed by atoms with E-state index in [9.17, 15) is 4.79 Å². The lowest BCUT2D eigenvalue weighted by Gasteiger charge is -2.10. The third-order valence-electron chi connectivity index (χ3n) is 3.68. The Hall–Kier alpha value is -2.02. The number of imidazole rings is 1. The van der Waals surface area contributed by atoms with E-state index in [-0.39, 0.29) is 11.7 Å². The monoisotopic (exact) mass is 406 g/mol. The zero-order valence-electron chi connectivity index (χ0n) is 14.2. The average molecular weight is 407 g/mol. The maximum absolute atomic E-state index is 12.3. The third kappa shape index (κ3) is 4.20. The van der Waals surface area contributed by atoms with E-state index in [1.165, 1.54) is 18.0 Å². The second-order valence-electron chi connectivity index (χ2n) is 5.65. The zero-order chi connectivity index (χ0) is 18.7. The molecule has 3 rings (SSSR count). The maximum atomic E-state index is 12.3. The number of carbonyl (C=O) groups is 1. The molecule has 0 unspecified atom stereocenters. The molecule has 0 aliphatic carbocycles. The highest BCUT2D eigenvalue weighted by molar-refractivity contribution is 7.99. The minimum absolute atomic E-state index is 0.183. The first-order chi connectivity index (χ1) is 12.5. The van der Waals surface area contributed by atoms with E-state index in [2.05, 4.69) is 21.4 Å². The number of aryl methyl sites for hydroxylation is 1. The molecular formula is C18H16Cl2N4OS. The fraction of sp³-hybridized carbons (Fsp3) is 0.167. The topological polar surface area (TPSA) is 59.8 Å². The predicted octanol–water partition coefficient (Wildman–Crippen LogP) is 4.92. The van der Waals surface area contributed by atoms with Crippen molar-refractivity contribution >= 4 is 46.7 Å². The summed E-state index contributed by atoms with van der Waals surface area (Å²) < 4.78 is 1.95. The van der Waals surface area contributed by atoms with E-state index >= 15 is 0 Å². The third-order valence-corrected chi connectivity index (χ3v) is 5.49. The Bertz CT molecular complexity index is 958. The number of halogens is 2. The lowest BCUT2D eigenvalue weighted by molar-refractivity contribution is -0.113. The Morgan fingerprint density at radius 2 is 2.08 bits per heavy atom. The van der Waals surface area contributed by atoms with Gasteiger partial charge < -0.3 is 5.32 Å². The van der Waals surface area contributed by atoms with Gasteiger partial charge >= 0.3 is 0 Å². The molecule has 2 heterocycles. The van der Waals surface area contributed by atoms with Gasteiger partial charge in [0.05, 0.1) is 15.8 Å². The minimum Gasteiger partial charge on any atom is -0.309 e. The van der Waals surface area contributed by atoms with Crippen molar-refractivity contribution in [3.63, 3.8) is 0 Å². The number of rotatable bonds is 5. The minimum atomic E-state index is -0.218. The number of thioether (sulfide) groups is 1. The van der Waals surface area contributed by atoms with Crippen LogP contribution >= 0.6 is 35.0 Å². The van der Waals surface area contributed by atoms with Gasteiger partial charge in [0.1, 0.15) is 0 Å². The van der Waals surface area contributed by atoms with Gasteiger partial charge in [-0.3, -0.25) is 9.36 Å². The first kappa shape index (κ1) is 18.8. The van der Waals surface area contributed by atoms with Gasteiger partial charge in [0, 0.05) is 24.3 Å². The van der Waals surface area contributed by atoms with Gasteiger partial charge in [-0.25, -0.2) is 9.97 Å². The van der Waals surface area contributed by atoms with Gasteiger partial charge in [0.2, 0.25) is 5.91 Å². The summed E-state index contributed by atoms with van der Waals surface area (Å²) in [7, 11) is 0. The summed E-state index contributed by atoms with van der Waals surface area (Å²) in [6, 6.07) is 8.08. The van der Waals surface area contributed by atoms with Crippen molar-refractivity contribution < 1.29 is 4.79 Å². The molecular weight excluding hydrogens is 391 g/mol. The van der Waals surface area contributed by atoms with Crippen molar-refractivity contribution in [3.05, 3.63) is 64.0 Å². The molecule has 0 bridgehead atoms. The fourth-order valence-electron chi connectivity index (χ4n) is 2.31. The van der Waals surface area contributed by atoms with Crippen LogP contribution < -0.4 is 5.32 Å². The highest BCUT2D eigenvalue weighted by atomic mass is 35.5. The summed E-state index contributed by atoms with van der Waals surface area (Å²) in [5.74, 6) is 0.272. The Morgan fingerprint density at radius 3 is 2.85 bits per heavy atom. The van der Waals surface area contributed by atoms with E-state index in [1.807, 2.05) is 35.9 Å². The van der Waals surface area contributed by atoms with Crippen LogP contribution in [0.15, 0.2) is 48.0 Å². The van der Waals surface area contributed by atoms with E-state index < -0.39 is 0 Å². The van der Waals surface area contributed by atoms with Crippen LogP contribution in [0.5, 0.6) is 0 Å². The van der Waals surface area contributed by atoms with Gasteiger partial charge in [-0.2, -0.15) is 0 Å². The van der Waals surface area contributed by atoms with Crippen LogP contribution in [0.3, 0.4) is 0 Å². The van der Waals surface area contributed by atoms with E-state index in [4.69, 9.17) is 23.2 Å². The quantitative estimate of drug-likeness (QED) is 0.610. The molecule has 0 fully saturated rings. The Balaban J connectivity index is 1.68. The van der Waals surface area contributed by atoms with Gasteiger partial charge in [-0.05, 0) is 37.1 Å². The molecule has 134 valence electrons. The van der Waals surface area contributed by atoms with Crippen LogP contribution in [0.2, 0.25) is 10.0 Å². The first-order valence-corrected chi connectivity index (χ1v) is 9.53. The summed E-state index contributed by atoms with van der Waals surface area (Å²) >= 11 is 13.5. The molecule has 5 nitrogen and oxygen atoms in total. The molecule has 0 aliphatic rings. The molecule has 1 amide bonds. The Morgan fingerprint density at radius 1 is 1.27 bits per heavy atom. The summed E-state index contributed by atoms with van der Waals surface area (Å²) in [5.41, 5.74) is 2.84. The lowest BCUT2D eigenvalue weighted by Crippen LogP contribution is -2.16. The summed E-state index contributed by atoms with van der Waals surface area (Å²) in [4.78, 5) is 20.7. The number of amides is 1. The zero-order valence-corrected chi connectivity index (χ0v) is 16.5. The van der Waals surface area contributed by atoms with Crippen LogP contribution in [0, 0.1) is 13.8 Å². The number of anilines is 1. The second-order valence-corrected chi connectivity index (χ2v) is 7.38. The van der Waals surface area contributed by atoms with Gasteiger partial charge in [-0.1, -0.05) is 47.1 Å². The average Bonchev–Trinajstić information content (AvgIpc) is 3.09. The van der Waals surface area contributed by atoms with Crippen molar-refractivity contribution in [1.29, 1.82) is 0 Å². The number of hydrogen-bond donors (Lipinski definition) is 1. The van der Waals surface area contributed by atoms with E-state index in [0.29, 0.717) is 21.4 Å². The molecule has 3 aromatic rings. The number of pyridine rings is 1. The highest BCUT2D eigenvalue weighted by Gasteiger charge is 2.13. The molecule has 8 heteroatoms. The van der Waals surface area contributed by atoms with Crippen molar-refractivity contribution in [2.75, 3.05) is 11.1 Å². The number of carbonyl (C=O) groups excluding carboxylic acids is 1. The Kier molecular flexibility index (Phi) is 5.86. The molecule has 0 saturated carbocycles. The molecule has 0 saturated heterocycles. The maximum Gasteiger partial charge on any atom is 0.236 e.